The van der Waals surface area contributed by atoms with Crippen LogP contribution in [0.3, 0.4) is 0 Å². The molecule has 0 radical (unpaired) electrons. The Bertz CT molecular complexity index is 559. The van der Waals surface area contributed by atoms with Crippen LogP contribution in [0.15, 0.2) is 10.5 Å². The van der Waals surface area contributed by atoms with Crippen molar-refractivity contribution in [2.75, 3.05) is 17.7 Å². The number of nitrogens with one attached hydrogen (secondary N) is 2. The molecule has 0 aliphatic rings. The van der Waals surface area contributed by atoms with E-state index in [1.165, 1.54) is 0 Å². The zero-order valence-corrected chi connectivity index (χ0v) is 12.4. The van der Waals surface area contributed by atoms with Crippen LogP contribution in [0.4, 0.5) is 11.6 Å². The first-order valence-electron chi connectivity index (χ1n) is 6.85. The van der Waals surface area contributed by atoms with Gasteiger partial charge in [-0.1, -0.05) is 6.92 Å². The molecule has 2 rings (SSSR count). The lowest BCUT2D eigenvalue weighted by molar-refractivity contribution is 0.478. The Morgan fingerprint density at radius 3 is 2.50 bits per heavy atom. The fourth-order valence-corrected chi connectivity index (χ4v) is 1.83. The fraction of sp³-hybridized carbons (Fsp3) is 0.500. The predicted octanol–water partition coefficient (Wildman–Crippen LogP) is 2.69. The molecular weight excluding hydrogens is 254 g/mol. The van der Waals surface area contributed by atoms with E-state index in [2.05, 4.69) is 32.5 Å². The molecule has 6 heteroatoms. The maximum absolute atomic E-state index is 5.54. The van der Waals surface area contributed by atoms with Gasteiger partial charge in [-0.3, -0.25) is 0 Å². The fourth-order valence-electron chi connectivity index (χ4n) is 1.83. The summed E-state index contributed by atoms with van der Waals surface area (Å²) in [5.41, 5.74) is 0.923. The molecule has 108 valence electrons. The molecule has 0 atom stereocenters. The Morgan fingerprint density at radius 2 is 1.90 bits per heavy atom. The number of hydrogen-bond acceptors (Lipinski definition) is 6. The molecule has 2 aromatic heterocycles. The molecule has 2 aromatic rings. The summed E-state index contributed by atoms with van der Waals surface area (Å²) in [6, 6.07) is 1.88. The second-order valence-electron chi connectivity index (χ2n) is 4.66. The molecule has 0 bridgehead atoms. The van der Waals surface area contributed by atoms with Crippen molar-refractivity contribution in [2.45, 2.75) is 40.2 Å². The van der Waals surface area contributed by atoms with E-state index in [1.54, 1.807) is 0 Å². The highest BCUT2D eigenvalue weighted by Gasteiger charge is 2.07. The first kappa shape index (κ1) is 14.3. The molecular formula is C14H21N5O. The number of aromatic nitrogens is 3. The van der Waals surface area contributed by atoms with Gasteiger partial charge in [0.2, 0.25) is 5.89 Å². The lowest BCUT2D eigenvalue weighted by Gasteiger charge is -2.08. The molecule has 0 unspecified atom stereocenters. The van der Waals surface area contributed by atoms with Gasteiger partial charge in [0.1, 0.15) is 23.2 Å². The number of aryl methyl sites for hydroxylation is 3. The molecule has 0 fully saturated rings. The summed E-state index contributed by atoms with van der Waals surface area (Å²) < 4.78 is 5.54. The van der Waals surface area contributed by atoms with E-state index in [-0.39, 0.29) is 0 Å². The van der Waals surface area contributed by atoms with Crippen molar-refractivity contribution in [1.82, 2.24) is 15.0 Å². The van der Waals surface area contributed by atoms with Gasteiger partial charge in [-0.25, -0.2) is 15.0 Å². The van der Waals surface area contributed by atoms with Gasteiger partial charge in [0, 0.05) is 19.5 Å². The van der Waals surface area contributed by atoms with Gasteiger partial charge in [0.05, 0.1) is 12.2 Å². The molecule has 6 nitrogen and oxygen atoms in total. The van der Waals surface area contributed by atoms with Gasteiger partial charge in [0.15, 0.2) is 0 Å². The summed E-state index contributed by atoms with van der Waals surface area (Å²) in [5, 5.41) is 6.28. The predicted molar refractivity (Wildman–Crippen MR) is 78.9 cm³/mol. The summed E-state index contributed by atoms with van der Waals surface area (Å²) in [7, 11) is 1.85. The molecule has 0 aliphatic carbocycles. The summed E-state index contributed by atoms with van der Waals surface area (Å²) in [6.45, 7) is 6.47. The second-order valence-corrected chi connectivity index (χ2v) is 4.66. The lowest BCUT2D eigenvalue weighted by Crippen LogP contribution is -2.07. The van der Waals surface area contributed by atoms with E-state index < -0.39 is 0 Å². The van der Waals surface area contributed by atoms with Crippen molar-refractivity contribution in [1.29, 1.82) is 0 Å². The van der Waals surface area contributed by atoms with Crippen LogP contribution in [0.25, 0.3) is 0 Å². The van der Waals surface area contributed by atoms with E-state index in [0.717, 1.165) is 41.8 Å². The SMILES string of the molecule is CCCc1nc(NC)cc(NCc2nc(C)c(C)o2)n1. The Balaban J connectivity index is 2.09. The van der Waals surface area contributed by atoms with Crippen LogP contribution in [-0.2, 0) is 13.0 Å². The minimum absolute atomic E-state index is 0.514. The number of nitrogens with zero attached hydrogens (tertiary/aromatic N) is 3. The number of hydrogen-bond donors (Lipinski definition) is 2. The zero-order valence-electron chi connectivity index (χ0n) is 12.4. The molecule has 0 saturated carbocycles. The van der Waals surface area contributed by atoms with Crippen LogP contribution in [0.1, 0.15) is 36.5 Å². The maximum Gasteiger partial charge on any atom is 0.213 e. The Labute approximate surface area is 119 Å². The summed E-state index contributed by atoms with van der Waals surface area (Å²) in [4.78, 5) is 13.2. The standard InChI is InChI=1S/C14H21N5O/c1-5-6-11-18-12(15-4)7-13(19-11)16-8-14-17-9(2)10(3)20-14/h7H,5-6,8H2,1-4H3,(H2,15,16,18,19). The van der Waals surface area contributed by atoms with Gasteiger partial charge in [-0.15, -0.1) is 0 Å². The molecule has 2 heterocycles. The van der Waals surface area contributed by atoms with E-state index in [4.69, 9.17) is 4.42 Å². The summed E-state index contributed by atoms with van der Waals surface area (Å²) in [6.07, 6.45) is 1.88. The highest BCUT2D eigenvalue weighted by Crippen LogP contribution is 2.14. The number of rotatable bonds is 6. The van der Waals surface area contributed by atoms with E-state index >= 15 is 0 Å². The van der Waals surface area contributed by atoms with Crippen molar-refractivity contribution >= 4 is 11.6 Å². The van der Waals surface area contributed by atoms with Crippen LogP contribution in [0.5, 0.6) is 0 Å². The highest BCUT2D eigenvalue weighted by atomic mass is 16.4. The van der Waals surface area contributed by atoms with Crippen LogP contribution in [0.2, 0.25) is 0 Å². The third kappa shape index (κ3) is 3.46. The van der Waals surface area contributed by atoms with Crippen molar-refractivity contribution in [3.05, 3.63) is 29.2 Å². The zero-order chi connectivity index (χ0) is 14.5. The second kappa shape index (κ2) is 6.36. The Morgan fingerprint density at radius 1 is 1.15 bits per heavy atom. The maximum atomic E-state index is 5.54. The van der Waals surface area contributed by atoms with Crippen LogP contribution in [0, 0.1) is 13.8 Å². The quantitative estimate of drug-likeness (QED) is 0.844. The third-order valence-corrected chi connectivity index (χ3v) is 3.00. The smallest absolute Gasteiger partial charge is 0.213 e. The Hall–Kier alpha value is -2.11. The van der Waals surface area contributed by atoms with E-state index in [0.29, 0.717) is 12.4 Å². The number of oxazole rings is 1. The van der Waals surface area contributed by atoms with Gasteiger partial charge >= 0.3 is 0 Å². The van der Waals surface area contributed by atoms with E-state index in [1.807, 2.05) is 27.0 Å². The Kier molecular flexibility index (Phi) is 4.55. The van der Waals surface area contributed by atoms with Crippen molar-refractivity contribution < 1.29 is 4.42 Å². The average molecular weight is 275 g/mol. The third-order valence-electron chi connectivity index (χ3n) is 3.00. The topological polar surface area (TPSA) is 75.9 Å². The molecule has 0 aliphatic heterocycles. The van der Waals surface area contributed by atoms with Gasteiger partial charge in [-0.05, 0) is 20.3 Å². The lowest BCUT2D eigenvalue weighted by atomic mass is 10.3. The molecule has 2 N–H and O–H groups in total. The molecule has 0 amide bonds. The van der Waals surface area contributed by atoms with E-state index in [9.17, 15) is 0 Å². The molecule has 20 heavy (non-hydrogen) atoms. The highest BCUT2D eigenvalue weighted by molar-refractivity contribution is 5.47. The largest absolute Gasteiger partial charge is 0.444 e. The monoisotopic (exact) mass is 275 g/mol. The normalized spacial score (nSPS) is 10.6. The minimum Gasteiger partial charge on any atom is -0.444 e. The molecule has 0 aromatic carbocycles. The number of anilines is 2. The summed E-state index contributed by atoms with van der Waals surface area (Å²) in [5.74, 6) is 3.95. The van der Waals surface area contributed by atoms with Crippen molar-refractivity contribution in [3.8, 4) is 0 Å². The van der Waals surface area contributed by atoms with Crippen LogP contribution >= 0.6 is 0 Å². The molecule has 0 saturated heterocycles. The summed E-state index contributed by atoms with van der Waals surface area (Å²) >= 11 is 0. The van der Waals surface area contributed by atoms with Crippen LogP contribution < -0.4 is 10.6 Å². The van der Waals surface area contributed by atoms with Gasteiger partial charge < -0.3 is 15.1 Å². The average Bonchev–Trinajstić information content (AvgIpc) is 2.76. The van der Waals surface area contributed by atoms with Crippen LogP contribution in [-0.4, -0.2) is 22.0 Å². The van der Waals surface area contributed by atoms with Gasteiger partial charge in [0.25, 0.3) is 0 Å². The van der Waals surface area contributed by atoms with Crippen molar-refractivity contribution in [2.24, 2.45) is 0 Å². The molecule has 0 spiro atoms. The minimum atomic E-state index is 0.514. The first-order valence-corrected chi connectivity index (χ1v) is 6.85. The first-order chi connectivity index (χ1) is 9.62. The van der Waals surface area contributed by atoms with Crippen molar-refractivity contribution in [3.63, 3.8) is 0 Å². The van der Waals surface area contributed by atoms with Gasteiger partial charge in [-0.2, -0.15) is 0 Å².